The summed E-state index contributed by atoms with van der Waals surface area (Å²) >= 11 is 0. The van der Waals surface area contributed by atoms with Gasteiger partial charge in [-0.25, -0.2) is 0 Å². The van der Waals surface area contributed by atoms with Crippen LogP contribution in [-0.4, -0.2) is 63.3 Å². The van der Waals surface area contributed by atoms with Gasteiger partial charge >= 0.3 is 0 Å². The number of piperazine rings is 1. The molecule has 1 saturated heterocycles. The van der Waals surface area contributed by atoms with Gasteiger partial charge in [0.05, 0.1) is 18.3 Å². The van der Waals surface area contributed by atoms with Gasteiger partial charge in [0.25, 0.3) is 5.91 Å². The molecule has 1 fully saturated rings. The molecule has 1 unspecified atom stereocenters. The second-order valence-electron chi connectivity index (χ2n) is 4.24. The Balaban J connectivity index is 1.91. The summed E-state index contributed by atoms with van der Waals surface area (Å²) in [6.45, 7) is 4.72. The molecule has 0 bridgehead atoms. The Morgan fingerprint density at radius 3 is 2.78 bits per heavy atom. The van der Waals surface area contributed by atoms with E-state index in [1.165, 1.54) is 6.20 Å². The van der Waals surface area contributed by atoms with Gasteiger partial charge < -0.3 is 4.90 Å². The largest absolute Gasteiger partial charge is 0.335 e. The summed E-state index contributed by atoms with van der Waals surface area (Å²) in [5.41, 5.74) is 0.343. The molecule has 1 aromatic rings. The van der Waals surface area contributed by atoms with Crippen molar-refractivity contribution in [2.24, 2.45) is 0 Å². The van der Waals surface area contributed by atoms with Gasteiger partial charge in [0.15, 0.2) is 5.69 Å². The monoisotopic (exact) mass is 248 g/mol. The van der Waals surface area contributed by atoms with Crippen LogP contribution < -0.4 is 0 Å². The van der Waals surface area contributed by atoms with Crippen LogP contribution in [0, 0.1) is 11.3 Å². The number of H-pyrrole nitrogens is 1. The average Bonchev–Trinajstić information content (AvgIpc) is 2.94. The zero-order valence-electron chi connectivity index (χ0n) is 10.3. The third kappa shape index (κ3) is 2.49. The van der Waals surface area contributed by atoms with E-state index in [-0.39, 0.29) is 11.9 Å². The van der Waals surface area contributed by atoms with Gasteiger partial charge in [-0.3, -0.25) is 9.69 Å². The summed E-state index contributed by atoms with van der Waals surface area (Å²) in [7, 11) is 0. The fraction of sp³-hybridized carbons (Fsp3) is 0.636. The van der Waals surface area contributed by atoms with Crippen LogP contribution in [0.4, 0.5) is 0 Å². The summed E-state index contributed by atoms with van der Waals surface area (Å²) in [6.07, 6.45) is 2.24. The Kier molecular flexibility index (Phi) is 3.89. The van der Waals surface area contributed by atoms with E-state index in [0.717, 1.165) is 19.5 Å². The molecule has 18 heavy (non-hydrogen) atoms. The Morgan fingerprint density at radius 2 is 2.28 bits per heavy atom. The fourth-order valence-electron chi connectivity index (χ4n) is 2.13. The molecule has 1 atom stereocenters. The van der Waals surface area contributed by atoms with Crippen molar-refractivity contribution in [1.82, 2.24) is 25.2 Å². The average molecular weight is 248 g/mol. The highest BCUT2D eigenvalue weighted by Crippen LogP contribution is 2.10. The Morgan fingerprint density at radius 1 is 1.56 bits per heavy atom. The van der Waals surface area contributed by atoms with Gasteiger partial charge in [-0.1, -0.05) is 6.92 Å². The second-order valence-corrected chi connectivity index (χ2v) is 4.24. The van der Waals surface area contributed by atoms with Gasteiger partial charge in [-0.15, -0.1) is 0 Å². The molecule has 7 nitrogen and oxygen atoms in total. The van der Waals surface area contributed by atoms with Crippen LogP contribution in [0.15, 0.2) is 6.20 Å². The highest BCUT2D eigenvalue weighted by atomic mass is 16.2. The number of carbonyl (C=O) groups is 1. The normalized spacial score (nSPS) is 18.3. The lowest BCUT2D eigenvalue weighted by Gasteiger charge is -2.36. The van der Waals surface area contributed by atoms with Crippen molar-refractivity contribution in [2.45, 2.75) is 19.4 Å². The molecule has 1 N–H and O–H groups in total. The molecule has 1 aliphatic rings. The van der Waals surface area contributed by atoms with E-state index < -0.39 is 0 Å². The van der Waals surface area contributed by atoms with Gasteiger partial charge in [0.2, 0.25) is 0 Å². The summed E-state index contributed by atoms with van der Waals surface area (Å²) in [6, 6.07) is 2.24. The number of amides is 1. The lowest BCUT2D eigenvalue weighted by molar-refractivity contribution is 0.0599. The topological polar surface area (TPSA) is 88.9 Å². The van der Waals surface area contributed by atoms with Crippen molar-refractivity contribution in [1.29, 1.82) is 5.26 Å². The maximum absolute atomic E-state index is 12.0. The predicted molar refractivity (Wildman–Crippen MR) is 63.6 cm³/mol. The number of rotatable bonds is 3. The SMILES string of the molecule is CCC(C#N)N1CCN(C(=O)c2cn[nH]n2)CC1. The van der Waals surface area contributed by atoms with Crippen LogP contribution in [0.2, 0.25) is 0 Å². The first-order chi connectivity index (χ1) is 8.76. The molecule has 0 aliphatic carbocycles. The van der Waals surface area contributed by atoms with E-state index >= 15 is 0 Å². The van der Waals surface area contributed by atoms with E-state index in [0.29, 0.717) is 18.8 Å². The first-order valence-electron chi connectivity index (χ1n) is 6.05. The number of carbonyl (C=O) groups excluding carboxylic acids is 1. The molecule has 0 aromatic carbocycles. The summed E-state index contributed by atoms with van der Waals surface area (Å²) in [5.74, 6) is -0.103. The van der Waals surface area contributed by atoms with Crippen molar-refractivity contribution in [2.75, 3.05) is 26.2 Å². The first kappa shape index (κ1) is 12.5. The highest BCUT2D eigenvalue weighted by Gasteiger charge is 2.26. The number of hydrogen-bond acceptors (Lipinski definition) is 5. The van der Waals surface area contributed by atoms with Gasteiger partial charge in [0, 0.05) is 26.2 Å². The van der Waals surface area contributed by atoms with Crippen molar-refractivity contribution in [3.05, 3.63) is 11.9 Å². The first-order valence-corrected chi connectivity index (χ1v) is 6.05. The molecular formula is C11H16N6O. The summed E-state index contributed by atoms with van der Waals surface area (Å²) in [5, 5.41) is 18.9. The minimum absolute atomic E-state index is 0.0469. The van der Waals surface area contributed by atoms with Gasteiger partial charge in [-0.2, -0.15) is 20.7 Å². The number of nitrogens with one attached hydrogen (secondary N) is 1. The molecular weight excluding hydrogens is 232 g/mol. The number of hydrogen-bond donors (Lipinski definition) is 1. The summed E-state index contributed by atoms with van der Waals surface area (Å²) in [4.78, 5) is 15.9. The van der Waals surface area contributed by atoms with Crippen molar-refractivity contribution in [3.63, 3.8) is 0 Å². The molecule has 1 amide bonds. The molecule has 7 heteroatoms. The van der Waals surface area contributed by atoms with Crippen LogP contribution in [0.3, 0.4) is 0 Å². The Hall–Kier alpha value is -1.94. The van der Waals surface area contributed by atoms with E-state index in [4.69, 9.17) is 5.26 Å². The predicted octanol–water partition coefficient (Wildman–Crippen LogP) is -0.135. The standard InChI is InChI=1S/C11H16N6O/c1-2-9(7-12)16-3-5-17(6-4-16)11(18)10-8-13-15-14-10/h8-9H,2-6H2,1H3,(H,13,14,15). The minimum atomic E-state index is -0.103. The van der Waals surface area contributed by atoms with E-state index in [1.54, 1.807) is 4.90 Å². The van der Waals surface area contributed by atoms with Crippen LogP contribution >= 0.6 is 0 Å². The zero-order valence-corrected chi connectivity index (χ0v) is 10.3. The molecule has 96 valence electrons. The van der Waals surface area contributed by atoms with Crippen molar-refractivity contribution in [3.8, 4) is 6.07 Å². The second kappa shape index (κ2) is 5.60. The molecule has 0 radical (unpaired) electrons. The molecule has 2 heterocycles. The maximum atomic E-state index is 12.0. The van der Waals surface area contributed by atoms with E-state index in [2.05, 4.69) is 26.4 Å². The number of nitriles is 1. The Bertz CT molecular complexity index is 429. The quantitative estimate of drug-likeness (QED) is 0.804. The Labute approximate surface area is 105 Å². The van der Waals surface area contributed by atoms with Crippen LogP contribution in [0.25, 0.3) is 0 Å². The van der Waals surface area contributed by atoms with Crippen LogP contribution in [-0.2, 0) is 0 Å². The molecule has 2 rings (SSSR count). The lowest BCUT2D eigenvalue weighted by Crippen LogP contribution is -2.51. The third-order valence-corrected chi connectivity index (χ3v) is 3.21. The smallest absolute Gasteiger partial charge is 0.276 e. The van der Waals surface area contributed by atoms with Crippen molar-refractivity contribution < 1.29 is 4.79 Å². The molecule has 1 aromatic heterocycles. The third-order valence-electron chi connectivity index (χ3n) is 3.21. The number of aromatic nitrogens is 3. The molecule has 1 aliphatic heterocycles. The van der Waals surface area contributed by atoms with Gasteiger partial charge in [0.1, 0.15) is 0 Å². The summed E-state index contributed by atoms with van der Waals surface area (Å²) < 4.78 is 0. The highest BCUT2D eigenvalue weighted by molar-refractivity contribution is 5.91. The molecule has 0 spiro atoms. The minimum Gasteiger partial charge on any atom is -0.335 e. The number of aromatic amines is 1. The molecule has 0 saturated carbocycles. The van der Waals surface area contributed by atoms with Crippen LogP contribution in [0.1, 0.15) is 23.8 Å². The lowest BCUT2D eigenvalue weighted by atomic mass is 10.2. The van der Waals surface area contributed by atoms with E-state index in [9.17, 15) is 4.79 Å². The number of nitrogens with zero attached hydrogens (tertiary/aromatic N) is 5. The zero-order chi connectivity index (χ0) is 13.0. The maximum Gasteiger partial charge on any atom is 0.276 e. The van der Waals surface area contributed by atoms with E-state index in [1.807, 2.05) is 6.92 Å². The van der Waals surface area contributed by atoms with Crippen molar-refractivity contribution >= 4 is 5.91 Å². The fourth-order valence-corrected chi connectivity index (χ4v) is 2.13. The van der Waals surface area contributed by atoms with Crippen LogP contribution in [0.5, 0.6) is 0 Å². The van der Waals surface area contributed by atoms with Gasteiger partial charge in [-0.05, 0) is 6.42 Å².